The molecular formula is C24H27N3O. The average Bonchev–Trinajstić information content (AvgIpc) is 2.89. The largest absolute Gasteiger partial charge is 0.343 e. The van der Waals surface area contributed by atoms with Crippen LogP contribution in [0.25, 0.3) is 23.2 Å². The number of hydrogen-bond acceptors (Lipinski definition) is 2. The zero-order valence-corrected chi connectivity index (χ0v) is 16.3. The van der Waals surface area contributed by atoms with Crippen molar-refractivity contribution in [2.24, 2.45) is 0 Å². The summed E-state index contributed by atoms with van der Waals surface area (Å²) in [6.45, 7) is 2.47. The van der Waals surface area contributed by atoms with Crippen molar-refractivity contribution >= 4 is 29.1 Å². The molecule has 0 atom stereocenters. The lowest BCUT2D eigenvalue weighted by atomic mass is 10.2. The Bertz CT molecular complexity index is 950. The van der Waals surface area contributed by atoms with Gasteiger partial charge in [-0.15, -0.1) is 0 Å². The van der Waals surface area contributed by atoms with Gasteiger partial charge in [-0.05, 0) is 36.6 Å². The predicted molar refractivity (Wildman–Crippen MR) is 115 cm³/mol. The van der Waals surface area contributed by atoms with E-state index in [1.165, 1.54) is 12.8 Å². The maximum atomic E-state index is 12.7. The summed E-state index contributed by atoms with van der Waals surface area (Å²) in [4.78, 5) is 19.6. The summed E-state index contributed by atoms with van der Waals surface area (Å²) in [5.41, 5.74) is 3.19. The highest BCUT2D eigenvalue weighted by molar-refractivity contribution is 5.81. The molecule has 1 amide bonds. The zero-order chi connectivity index (χ0) is 19.2. The Morgan fingerprint density at radius 1 is 0.893 bits per heavy atom. The minimum absolute atomic E-state index is 0.262. The molecule has 1 fully saturated rings. The van der Waals surface area contributed by atoms with Crippen LogP contribution in [0.4, 0.5) is 0 Å². The number of likely N-dealkylation sites (tertiary alicyclic amines) is 1. The van der Waals surface area contributed by atoms with Gasteiger partial charge >= 0.3 is 0 Å². The van der Waals surface area contributed by atoms with Crippen LogP contribution >= 0.6 is 0 Å². The SMILES string of the molecule is O=C(CCn1c(/C=C/c2ccccc2)nc2ccccc21)N1CCCCCC1. The summed E-state index contributed by atoms with van der Waals surface area (Å²) in [7, 11) is 0. The number of para-hydroxylation sites is 2. The van der Waals surface area contributed by atoms with Crippen LogP contribution in [0.3, 0.4) is 0 Å². The lowest BCUT2D eigenvalue weighted by Gasteiger charge is -2.20. The van der Waals surface area contributed by atoms with Gasteiger partial charge in [0.15, 0.2) is 0 Å². The minimum Gasteiger partial charge on any atom is -0.343 e. The molecule has 0 aliphatic carbocycles. The molecular weight excluding hydrogens is 346 g/mol. The van der Waals surface area contributed by atoms with Gasteiger partial charge in [-0.25, -0.2) is 4.98 Å². The molecule has 28 heavy (non-hydrogen) atoms. The van der Waals surface area contributed by atoms with Crippen molar-refractivity contribution in [3.8, 4) is 0 Å². The summed E-state index contributed by atoms with van der Waals surface area (Å²) in [5.74, 6) is 1.16. The van der Waals surface area contributed by atoms with Gasteiger partial charge in [0.2, 0.25) is 5.91 Å². The third kappa shape index (κ3) is 4.33. The molecule has 0 N–H and O–H groups in total. The van der Waals surface area contributed by atoms with Crippen LogP contribution in [0.15, 0.2) is 54.6 Å². The van der Waals surface area contributed by atoms with Crippen LogP contribution in [0.5, 0.6) is 0 Å². The number of amides is 1. The van der Waals surface area contributed by atoms with Crippen LogP contribution < -0.4 is 0 Å². The molecule has 144 valence electrons. The van der Waals surface area contributed by atoms with Crippen molar-refractivity contribution in [3.05, 3.63) is 66.0 Å². The molecule has 4 rings (SSSR count). The molecule has 3 aromatic rings. The molecule has 4 nitrogen and oxygen atoms in total. The fourth-order valence-corrected chi connectivity index (χ4v) is 3.88. The first-order valence-corrected chi connectivity index (χ1v) is 10.3. The molecule has 2 aromatic carbocycles. The number of fused-ring (bicyclic) bond motifs is 1. The van der Waals surface area contributed by atoms with Crippen LogP contribution in [-0.4, -0.2) is 33.4 Å². The van der Waals surface area contributed by atoms with E-state index in [1.807, 2.05) is 47.4 Å². The number of benzene rings is 2. The van der Waals surface area contributed by atoms with Gasteiger partial charge in [0.05, 0.1) is 11.0 Å². The van der Waals surface area contributed by atoms with Gasteiger partial charge < -0.3 is 9.47 Å². The van der Waals surface area contributed by atoms with E-state index in [4.69, 9.17) is 4.98 Å². The molecule has 0 spiro atoms. The lowest BCUT2D eigenvalue weighted by Crippen LogP contribution is -2.32. The van der Waals surface area contributed by atoms with Crippen LogP contribution in [-0.2, 0) is 11.3 Å². The second-order valence-corrected chi connectivity index (χ2v) is 7.40. The molecule has 1 aromatic heterocycles. The van der Waals surface area contributed by atoms with E-state index >= 15 is 0 Å². The summed E-state index contributed by atoms with van der Waals surface area (Å²) < 4.78 is 2.17. The lowest BCUT2D eigenvalue weighted by molar-refractivity contribution is -0.131. The molecule has 0 radical (unpaired) electrons. The number of carbonyl (C=O) groups excluding carboxylic acids is 1. The Labute approximate surface area is 166 Å². The first kappa shape index (κ1) is 18.5. The average molecular weight is 374 g/mol. The van der Waals surface area contributed by atoms with E-state index in [2.05, 4.69) is 28.8 Å². The van der Waals surface area contributed by atoms with Crippen molar-refractivity contribution in [2.75, 3.05) is 13.1 Å². The number of nitrogens with zero attached hydrogens (tertiary/aromatic N) is 3. The van der Waals surface area contributed by atoms with Gasteiger partial charge in [0.1, 0.15) is 5.82 Å². The molecule has 0 unspecified atom stereocenters. The Balaban J connectivity index is 1.55. The third-order valence-corrected chi connectivity index (χ3v) is 5.42. The van der Waals surface area contributed by atoms with Gasteiger partial charge in [-0.3, -0.25) is 4.79 Å². The van der Waals surface area contributed by atoms with Gasteiger partial charge in [-0.1, -0.05) is 61.4 Å². The van der Waals surface area contributed by atoms with E-state index < -0.39 is 0 Å². The molecule has 2 heterocycles. The number of carbonyl (C=O) groups is 1. The Morgan fingerprint density at radius 2 is 1.61 bits per heavy atom. The fourth-order valence-electron chi connectivity index (χ4n) is 3.88. The third-order valence-electron chi connectivity index (χ3n) is 5.42. The molecule has 1 aliphatic rings. The summed E-state index contributed by atoms with van der Waals surface area (Å²) in [6, 6.07) is 18.4. The number of hydrogen-bond donors (Lipinski definition) is 0. The van der Waals surface area contributed by atoms with E-state index in [1.54, 1.807) is 0 Å². The number of imidazole rings is 1. The van der Waals surface area contributed by atoms with E-state index in [0.717, 1.165) is 48.4 Å². The fraction of sp³-hybridized carbons (Fsp3) is 0.333. The number of aromatic nitrogens is 2. The van der Waals surface area contributed by atoms with Crippen molar-refractivity contribution in [1.29, 1.82) is 0 Å². The van der Waals surface area contributed by atoms with Crippen molar-refractivity contribution in [1.82, 2.24) is 14.5 Å². The first-order chi connectivity index (χ1) is 13.8. The number of rotatable bonds is 5. The maximum Gasteiger partial charge on any atom is 0.224 e. The van der Waals surface area contributed by atoms with Crippen molar-refractivity contribution < 1.29 is 4.79 Å². The summed E-state index contributed by atoms with van der Waals surface area (Å²) in [5, 5.41) is 0. The topological polar surface area (TPSA) is 38.1 Å². The normalized spacial score (nSPS) is 15.2. The number of aryl methyl sites for hydroxylation is 1. The monoisotopic (exact) mass is 373 g/mol. The standard InChI is InChI=1S/C24H27N3O/c28-24(26-17-8-1-2-9-18-26)16-19-27-22-13-7-6-12-21(22)25-23(27)15-14-20-10-4-3-5-11-20/h3-7,10-15H,1-2,8-9,16-19H2/b15-14+. The molecule has 1 aliphatic heterocycles. The second-order valence-electron chi connectivity index (χ2n) is 7.40. The maximum absolute atomic E-state index is 12.7. The zero-order valence-electron chi connectivity index (χ0n) is 16.3. The van der Waals surface area contributed by atoms with E-state index in [0.29, 0.717) is 13.0 Å². The smallest absolute Gasteiger partial charge is 0.224 e. The van der Waals surface area contributed by atoms with Crippen molar-refractivity contribution in [3.63, 3.8) is 0 Å². The highest BCUT2D eigenvalue weighted by Crippen LogP contribution is 2.19. The Hall–Kier alpha value is -2.88. The Kier molecular flexibility index (Phi) is 5.86. The summed E-state index contributed by atoms with van der Waals surface area (Å²) in [6.07, 6.45) is 9.39. The molecule has 1 saturated heterocycles. The minimum atomic E-state index is 0.262. The van der Waals surface area contributed by atoms with Crippen LogP contribution in [0.1, 0.15) is 43.5 Å². The summed E-state index contributed by atoms with van der Waals surface area (Å²) >= 11 is 0. The highest BCUT2D eigenvalue weighted by atomic mass is 16.2. The quantitative estimate of drug-likeness (QED) is 0.631. The Morgan fingerprint density at radius 3 is 2.39 bits per heavy atom. The highest BCUT2D eigenvalue weighted by Gasteiger charge is 2.16. The van der Waals surface area contributed by atoms with Crippen molar-refractivity contribution in [2.45, 2.75) is 38.6 Å². The van der Waals surface area contributed by atoms with Crippen LogP contribution in [0, 0.1) is 0 Å². The first-order valence-electron chi connectivity index (χ1n) is 10.3. The van der Waals surface area contributed by atoms with Crippen LogP contribution in [0.2, 0.25) is 0 Å². The van der Waals surface area contributed by atoms with E-state index in [9.17, 15) is 4.79 Å². The molecule has 0 bridgehead atoms. The molecule has 0 saturated carbocycles. The van der Waals surface area contributed by atoms with Gasteiger partial charge in [0.25, 0.3) is 0 Å². The second kappa shape index (κ2) is 8.87. The molecule has 4 heteroatoms. The predicted octanol–water partition coefficient (Wildman–Crippen LogP) is 5.00. The van der Waals surface area contributed by atoms with E-state index in [-0.39, 0.29) is 5.91 Å². The van der Waals surface area contributed by atoms with Gasteiger partial charge in [-0.2, -0.15) is 0 Å². The van der Waals surface area contributed by atoms with Gasteiger partial charge in [0, 0.05) is 26.1 Å².